The minimum absolute atomic E-state index is 0.221. The summed E-state index contributed by atoms with van der Waals surface area (Å²) in [5.74, 6) is 1.82. The van der Waals surface area contributed by atoms with Gasteiger partial charge in [0.1, 0.15) is 22.6 Å². The first-order valence-corrected chi connectivity index (χ1v) is 9.60. The first-order chi connectivity index (χ1) is 12.7. The van der Waals surface area contributed by atoms with Crippen molar-refractivity contribution < 1.29 is 9.47 Å². The van der Waals surface area contributed by atoms with Gasteiger partial charge in [-0.25, -0.2) is 4.98 Å². The molecule has 1 aromatic carbocycles. The molecule has 1 aliphatic rings. The predicted molar refractivity (Wildman–Crippen MR) is 104 cm³/mol. The number of aromatic nitrogens is 2. The van der Waals surface area contributed by atoms with Gasteiger partial charge in [0.2, 0.25) is 0 Å². The summed E-state index contributed by atoms with van der Waals surface area (Å²) >= 11 is 1.66. The van der Waals surface area contributed by atoms with E-state index in [2.05, 4.69) is 28.3 Å². The Kier molecular flexibility index (Phi) is 4.75. The molecule has 4 rings (SSSR count). The van der Waals surface area contributed by atoms with Crippen molar-refractivity contribution in [3.05, 3.63) is 53.3 Å². The van der Waals surface area contributed by atoms with E-state index in [1.54, 1.807) is 17.5 Å². The van der Waals surface area contributed by atoms with Crippen LogP contribution in [0.15, 0.2) is 42.9 Å². The normalized spacial score (nSPS) is 15.4. The molecular formula is C20H21N3O2S. The third-order valence-electron chi connectivity index (χ3n) is 4.21. The minimum atomic E-state index is 0.221. The summed E-state index contributed by atoms with van der Waals surface area (Å²) in [5.41, 5.74) is 3.21. The molecule has 1 atom stereocenters. The number of fused-ring (bicyclic) bond motifs is 1. The highest BCUT2D eigenvalue weighted by atomic mass is 32.1. The lowest BCUT2D eigenvalue weighted by atomic mass is 10.1. The van der Waals surface area contributed by atoms with Gasteiger partial charge in [0, 0.05) is 47.1 Å². The van der Waals surface area contributed by atoms with Crippen LogP contribution in [0.25, 0.3) is 10.6 Å². The van der Waals surface area contributed by atoms with E-state index in [4.69, 9.17) is 9.47 Å². The second-order valence-corrected chi connectivity index (χ2v) is 7.36. The van der Waals surface area contributed by atoms with Gasteiger partial charge in [-0.15, -0.1) is 11.3 Å². The van der Waals surface area contributed by atoms with E-state index in [0.29, 0.717) is 13.2 Å². The Morgan fingerprint density at radius 3 is 3.08 bits per heavy atom. The van der Waals surface area contributed by atoms with Crippen molar-refractivity contribution in [3.63, 3.8) is 0 Å². The van der Waals surface area contributed by atoms with Gasteiger partial charge in [-0.05, 0) is 32.0 Å². The maximum Gasteiger partial charge on any atom is 0.142 e. The molecule has 0 saturated heterocycles. The highest BCUT2D eigenvalue weighted by molar-refractivity contribution is 7.15. The molecule has 0 spiro atoms. The Labute approximate surface area is 157 Å². The van der Waals surface area contributed by atoms with Gasteiger partial charge in [0.05, 0.1) is 18.8 Å². The molecule has 0 bridgehead atoms. The van der Waals surface area contributed by atoms with Crippen molar-refractivity contribution in [2.24, 2.45) is 0 Å². The van der Waals surface area contributed by atoms with Crippen LogP contribution >= 0.6 is 11.3 Å². The first-order valence-electron chi connectivity index (χ1n) is 8.78. The van der Waals surface area contributed by atoms with Crippen LogP contribution in [0.2, 0.25) is 0 Å². The third-order valence-corrected chi connectivity index (χ3v) is 5.26. The van der Waals surface area contributed by atoms with Gasteiger partial charge in [-0.3, -0.25) is 4.98 Å². The molecular weight excluding hydrogens is 346 g/mol. The molecule has 0 saturated carbocycles. The summed E-state index contributed by atoms with van der Waals surface area (Å²) in [7, 11) is 0. The molecule has 0 amide bonds. The third kappa shape index (κ3) is 3.51. The van der Waals surface area contributed by atoms with E-state index in [0.717, 1.165) is 39.1 Å². The number of rotatable bonds is 6. The molecule has 2 aromatic heterocycles. The summed E-state index contributed by atoms with van der Waals surface area (Å²) in [6.45, 7) is 5.41. The van der Waals surface area contributed by atoms with Crippen LogP contribution in [0.4, 0.5) is 5.69 Å². The molecule has 3 aromatic rings. The molecule has 0 radical (unpaired) electrons. The topological polar surface area (TPSA) is 56.3 Å². The average Bonchev–Trinajstić information content (AvgIpc) is 3.26. The predicted octanol–water partition coefficient (Wildman–Crippen LogP) is 4.54. The molecule has 26 heavy (non-hydrogen) atoms. The standard InChI is InChI=1S/C20H21N3O2S/c1-3-24-19-8-15-7-13(2)25-18(15)9-17(19)22-11-16-12-23-20(26-16)14-5-4-6-21-10-14/h4-6,8-10,12-13,22H,3,7,11H2,1-2H3. The Morgan fingerprint density at radius 1 is 1.35 bits per heavy atom. The molecule has 6 heteroatoms. The maximum absolute atomic E-state index is 5.88. The SMILES string of the molecule is CCOc1cc2c(cc1NCc1cnc(-c3cccnc3)s1)OC(C)C2. The number of benzene rings is 1. The maximum atomic E-state index is 5.88. The summed E-state index contributed by atoms with van der Waals surface area (Å²) < 4.78 is 11.7. The van der Waals surface area contributed by atoms with E-state index in [9.17, 15) is 0 Å². The zero-order chi connectivity index (χ0) is 17.9. The van der Waals surface area contributed by atoms with Crippen molar-refractivity contribution in [1.29, 1.82) is 0 Å². The lowest BCUT2D eigenvalue weighted by Crippen LogP contribution is -2.05. The molecule has 1 N–H and O–H groups in total. The summed E-state index contributed by atoms with van der Waals surface area (Å²) in [5, 5.41) is 4.45. The summed E-state index contributed by atoms with van der Waals surface area (Å²) in [6, 6.07) is 8.09. The van der Waals surface area contributed by atoms with Gasteiger partial charge < -0.3 is 14.8 Å². The number of ether oxygens (including phenoxy) is 2. The quantitative estimate of drug-likeness (QED) is 0.693. The molecule has 134 valence electrons. The van der Waals surface area contributed by atoms with Gasteiger partial charge in [0.25, 0.3) is 0 Å². The van der Waals surface area contributed by atoms with Gasteiger partial charge in [0.15, 0.2) is 0 Å². The average molecular weight is 367 g/mol. The molecule has 5 nitrogen and oxygen atoms in total. The van der Waals surface area contributed by atoms with Crippen LogP contribution in [0.5, 0.6) is 11.5 Å². The fraction of sp³-hybridized carbons (Fsp3) is 0.300. The lowest BCUT2D eigenvalue weighted by molar-refractivity contribution is 0.254. The largest absolute Gasteiger partial charge is 0.492 e. The van der Waals surface area contributed by atoms with E-state index >= 15 is 0 Å². The first kappa shape index (κ1) is 16.8. The Hall–Kier alpha value is -2.60. The zero-order valence-corrected chi connectivity index (χ0v) is 15.7. The molecule has 0 aliphatic carbocycles. The van der Waals surface area contributed by atoms with Crippen LogP contribution < -0.4 is 14.8 Å². The van der Waals surface area contributed by atoms with Crippen molar-refractivity contribution in [1.82, 2.24) is 9.97 Å². The van der Waals surface area contributed by atoms with Gasteiger partial charge in [-0.2, -0.15) is 0 Å². The molecule has 3 heterocycles. The monoisotopic (exact) mass is 367 g/mol. The van der Waals surface area contributed by atoms with E-state index < -0.39 is 0 Å². The number of nitrogens with zero attached hydrogens (tertiary/aromatic N) is 2. The van der Waals surface area contributed by atoms with Gasteiger partial charge in [-0.1, -0.05) is 0 Å². The molecule has 0 fully saturated rings. The fourth-order valence-corrected chi connectivity index (χ4v) is 3.89. The van der Waals surface area contributed by atoms with E-state index in [1.165, 1.54) is 5.56 Å². The highest BCUT2D eigenvalue weighted by Crippen LogP contribution is 2.38. The number of thiazole rings is 1. The molecule has 1 aliphatic heterocycles. The Balaban J connectivity index is 1.51. The van der Waals surface area contributed by atoms with Crippen LogP contribution in [-0.4, -0.2) is 22.7 Å². The van der Waals surface area contributed by atoms with Crippen molar-refractivity contribution in [3.8, 4) is 22.1 Å². The molecule has 1 unspecified atom stereocenters. The van der Waals surface area contributed by atoms with Crippen molar-refractivity contribution in [2.45, 2.75) is 32.9 Å². The van der Waals surface area contributed by atoms with Crippen LogP contribution in [-0.2, 0) is 13.0 Å². The number of hydrogen-bond acceptors (Lipinski definition) is 6. The number of anilines is 1. The second kappa shape index (κ2) is 7.33. The van der Waals surface area contributed by atoms with Crippen LogP contribution in [0.3, 0.4) is 0 Å². The van der Waals surface area contributed by atoms with Gasteiger partial charge >= 0.3 is 0 Å². The zero-order valence-electron chi connectivity index (χ0n) is 14.9. The van der Waals surface area contributed by atoms with Crippen molar-refractivity contribution >= 4 is 17.0 Å². The number of nitrogens with one attached hydrogen (secondary N) is 1. The van der Waals surface area contributed by atoms with Crippen LogP contribution in [0.1, 0.15) is 24.3 Å². The Bertz CT molecular complexity index is 895. The van der Waals surface area contributed by atoms with Crippen molar-refractivity contribution in [2.75, 3.05) is 11.9 Å². The van der Waals surface area contributed by atoms with E-state index in [-0.39, 0.29) is 6.10 Å². The number of hydrogen-bond donors (Lipinski definition) is 1. The van der Waals surface area contributed by atoms with Crippen LogP contribution in [0, 0.1) is 0 Å². The highest BCUT2D eigenvalue weighted by Gasteiger charge is 2.22. The minimum Gasteiger partial charge on any atom is -0.492 e. The second-order valence-electron chi connectivity index (χ2n) is 6.25. The Morgan fingerprint density at radius 2 is 2.27 bits per heavy atom. The summed E-state index contributed by atoms with van der Waals surface area (Å²) in [4.78, 5) is 9.82. The smallest absolute Gasteiger partial charge is 0.142 e. The fourth-order valence-electron chi connectivity index (χ4n) is 3.05. The van der Waals surface area contributed by atoms with E-state index in [1.807, 2.05) is 37.5 Å². The summed E-state index contributed by atoms with van der Waals surface area (Å²) in [6.07, 6.45) is 6.66. The number of pyridine rings is 1. The lowest BCUT2D eigenvalue weighted by Gasteiger charge is -2.13.